The second-order valence-electron chi connectivity index (χ2n) is 4.87. The van der Waals surface area contributed by atoms with Crippen molar-refractivity contribution in [3.63, 3.8) is 0 Å². The summed E-state index contributed by atoms with van der Waals surface area (Å²) >= 11 is 0. The van der Waals surface area contributed by atoms with Gasteiger partial charge in [-0.25, -0.2) is 0 Å². The minimum absolute atomic E-state index is 0.0311. The van der Waals surface area contributed by atoms with Crippen LogP contribution in [0.4, 0.5) is 10.1 Å². The lowest BCUT2D eigenvalue weighted by molar-refractivity contribution is -0.387. The van der Waals surface area contributed by atoms with Crippen LogP contribution < -0.4 is 0 Å². The number of nitro benzene ring substituents is 1. The van der Waals surface area contributed by atoms with Crippen LogP contribution in [0, 0.1) is 15.9 Å². The topological polar surface area (TPSA) is 92.9 Å². The Kier molecular flexibility index (Phi) is 4.49. The maximum absolute atomic E-state index is 13.6. The van der Waals surface area contributed by atoms with E-state index in [1.54, 1.807) is 6.92 Å². The number of hydrogen-bond acceptors (Lipinski definition) is 5. The number of nitro groups is 1. The highest BCUT2D eigenvalue weighted by molar-refractivity contribution is 5.94. The largest absolute Gasteiger partial charge is 0.394 e. The number of hydrogen-bond donors (Lipinski definition) is 1. The summed E-state index contributed by atoms with van der Waals surface area (Å²) in [5.41, 5.74) is -0.640. The molecular formula is C13H15FN2O5. The molecule has 8 heteroatoms. The molecule has 0 bridgehead atoms. The molecule has 114 valence electrons. The SMILES string of the molecule is CC1COC(CO)CN1C(=O)c1ccc([N+](=O)[O-])c(F)c1. The van der Waals surface area contributed by atoms with Crippen LogP contribution in [0.2, 0.25) is 0 Å². The number of carbonyl (C=O) groups is 1. The fourth-order valence-electron chi connectivity index (χ4n) is 2.16. The van der Waals surface area contributed by atoms with Gasteiger partial charge in [0, 0.05) is 18.2 Å². The lowest BCUT2D eigenvalue weighted by atomic mass is 10.1. The summed E-state index contributed by atoms with van der Waals surface area (Å²) in [5, 5.41) is 19.7. The predicted molar refractivity (Wildman–Crippen MR) is 70.4 cm³/mol. The summed E-state index contributed by atoms with van der Waals surface area (Å²) in [6.45, 7) is 2.01. The second-order valence-corrected chi connectivity index (χ2v) is 4.87. The molecule has 1 saturated heterocycles. The van der Waals surface area contributed by atoms with Crippen molar-refractivity contribution in [3.8, 4) is 0 Å². The zero-order chi connectivity index (χ0) is 15.6. The summed E-state index contributed by atoms with van der Waals surface area (Å²) in [4.78, 5) is 23.5. The molecule has 1 aromatic rings. The highest BCUT2D eigenvalue weighted by atomic mass is 19.1. The van der Waals surface area contributed by atoms with E-state index >= 15 is 0 Å². The number of morpholine rings is 1. The van der Waals surface area contributed by atoms with Crippen LogP contribution in [0.3, 0.4) is 0 Å². The van der Waals surface area contributed by atoms with Crippen LogP contribution in [-0.4, -0.2) is 52.7 Å². The third kappa shape index (κ3) is 3.17. The first-order chi connectivity index (χ1) is 9.93. The molecule has 2 atom stereocenters. The normalized spacial score (nSPS) is 22.1. The Morgan fingerprint density at radius 3 is 2.90 bits per heavy atom. The Labute approximate surface area is 120 Å². The van der Waals surface area contributed by atoms with Crippen LogP contribution in [0.1, 0.15) is 17.3 Å². The molecule has 0 saturated carbocycles. The number of aliphatic hydroxyl groups excluding tert-OH is 1. The van der Waals surface area contributed by atoms with Crippen molar-refractivity contribution in [2.24, 2.45) is 0 Å². The Bertz CT molecular complexity index is 565. The first-order valence-corrected chi connectivity index (χ1v) is 6.41. The van der Waals surface area contributed by atoms with Gasteiger partial charge in [-0.1, -0.05) is 0 Å². The molecule has 1 aliphatic rings. The Hall–Kier alpha value is -2.06. The van der Waals surface area contributed by atoms with Crippen LogP contribution >= 0.6 is 0 Å². The molecule has 0 spiro atoms. The van der Waals surface area contributed by atoms with Gasteiger partial charge in [0.1, 0.15) is 0 Å². The average Bonchev–Trinajstić information content (AvgIpc) is 2.46. The van der Waals surface area contributed by atoms with Crippen molar-refractivity contribution in [1.29, 1.82) is 0 Å². The monoisotopic (exact) mass is 298 g/mol. The van der Waals surface area contributed by atoms with Crippen LogP contribution in [-0.2, 0) is 4.74 Å². The van der Waals surface area contributed by atoms with Gasteiger partial charge in [-0.3, -0.25) is 14.9 Å². The van der Waals surface area contributed by atoms with Crippen LogP contribution in [0.5, 0.6) is 0 Å². The molecule has 2 unspecified atom stereocenters. The van der Waals surface area contributed by atoms with Gasteiger partial charge < -0.3 is 14.7 Å². The van der Waals surface area contributed by atoms with Crippen LogP contribution in [0.15, 0.2) is 18.2 Å². The van der Waals surface area contributed by atoms with Gasteiger partial charge in [-0.05, 0) is 19.1 Å². The van der Waals surface area contributed by atoms with Gasteiger partial charge in [0.05, 0.1) is 30.3 Å². The van der Waals surface area contributed by atoms with Crippen molar-refractivity contribution in [1.82, 2.24) is 4.90 Å². The highest BCUT2D eigenvalue weighted by Gasteiger charge is 2.30. The summed E-state index contributed by atoms with van der Waals surface area (Å²) < 4.78 is 18.9. The number of amides is 1. The molecule has 0 aromatic heterocycles. The summed E-state index contributed by atoms with van der Waals surface area (Å²) in [7, 11) is 0. The number of carbonyl (C=O) groups excluding carboxylic acids is 1. The smallest absolute Gasteiger partial charge is 0.304 e. The third-order valence-corrected chi connectivity index (χ3v) is 3.36. The lowest BCUT2D eigenvalue weighted by Gasteiger charge is -2.37. The van der Waals surface area contributed by atoms with E-state index in [-0.39, 0.29) is 31.4 Å². The van der Waals surface area contributed by atoms with Gasteiger partial charge in [0.15, 0.2) is 0 Å². The first-order valence-electron chi connectivity index (χ1n) is 6.41. The van der Waals surface area contributed by atoms with Gasteiger partial charge in [-0.2, -0.15) is 4.39 Å². The van der Waals surface area contributed by atoms with E-state index in [0.717, 1.165) is 12.1 Å². The van der Waals surface area contributed by atoms with Crippen molar-refractivity contribution in [2.75, 3.05) is 19.8 Å². The fraction of sp³-hybridized carbons (Fsp3) is 0.462. The van der Waals surface area contributed by atoms with Crippen molar-refractivity contribution in [2.45, 2.75) is 19.1 Å². The summed E-state index contributed by atoms with van der Waals surface area (Å²) in [6, 6.07) is 2.83. The number of nitrogens with zero attached hydrogens (tertiary/aromatic N) is 2. The molecule has 21 heavy (non-hydrogen) atoms. The number of halogens is 1. The van der Waals surface area contributed by atoms with E-state index in [9.17, 15) is 19.3 Å². The molecule has 1 heterocycles. The number of benzene rings is 1. The lowest BCUT2D eigenvalue weighted by Crippen LogP contribution is -2.52. The molecule has 1 fully saturated rings. The average molecular weight is 298 g/mol. The molecule has 1 N–H and O–H groups in total. The molecule has 0 aliphatic carbocycles. The van der Waals surface area contributed by atoms with Crippen LogP contribution in [0.25, 0.3) is 0 Å². The predicted octanol–water partition coefficient (Wildman–Crippen LogP) is 0.956. The van der Waals surface area contributed by atoms with Crippen molar-refractivity contribution < 1.29 is 24.0 Å². The standard InChI is InChI=1S/C13H15FN2O5/c1-8-7-21-10(6-17)5-15(8)13(18)9-2-3-12(16(19)20)11(14)4-9/h2-4,8,10,17H,5-7H2,1H3. The van der Waals surface area contributed by atoms with E-state index in [0.29, 0.717) is 0 Å². The fourth-order valence-corrected chi connectivity index (χ4v) is 2.16. The van der Waals surface area contributed by atoms with E-state index in [1.807, 2.05) is 0 Å². The van der Waals surface area contributed by atoms with Crippen molar-refractivity contribution in [3.05, 3.63) is 39.7 Å². The van der Waals surface area contributed by atoms with Gasteiger partial charge >= 0.3 is 5.69 Å². The summed E-state index contributed by atoms with van der Waals surface area (Å²) in [5.74, 6) is -1.50. The first kappa shape index (κ1) is 15.3. The molecule has 2 rings (SSSR count). The third-order valence-electron chi connectivity index (χ3n) is 3.36. The molecule has 1 amide bonds. The molecule has 0 radical (unpaired) electrons. The quantitative estimate of drug-likeness (QED) is 0.662. The van der Waals surface area contributed by atoms with E-state index in [2.05, 4.69) is 0 Å². The molecule has 1 aromatic carbocycles. The van der Waals surface area contributed by atoms with E-state index < -0.39 is 28.4 Å². The van der Waals surface area contributed by atoms with E-state index in [1.165, 1.54) is 11.0 Å². The zero-order valence-corrected chi connectivity index (χ0v) is 11.4. The Morgan fingerprint density at radius 2 is 2.33 bits per heavy atom. The van der Waals surface area contributed by atoms with Gasteiger partial charge in [-0.15, -0.1) is 0 Å². The number of ether oxygens (including phenoxy) is 1. The molecule has 7 nitrogen and oxygen atoms in total. The molecule has 1 aliphatic heterocycles. The van der Waals surface area contributed by atoms with E-state index in [4.69, 9.17) is 9.84 Å². The highest BCUT2D eigenvalue weighted by Crippen LogP contribution is 2.21. The maximum atomic E-state index is 13.6. The van der Waals surface area contributed by atoms with Gasteiger partial charge in [0.25, 0.3) is 5.91 Å². The minimum Gasteiger partial charge on any atom is -0.394 e. The Balaban J connectivity index is 2.22. The second kappa shape index (κ2) is 6.15. The maximum Gasteiger partial charge on any atom is 0.304 e. The zero-order valence-electron chi connectivity index (χ0n) is 11.4. The molecular weight excluding hydrogens is 283 g/mol. The van der Waals surface area contributed by atoms with Crippen molar-refractivity contribution >= 4 is 11.6 Å². The number of aliphatic hydroxyl groups is 1. The summed E-state index contributed by atoms with van der Waals surface area (Å²) in [6.07, 6.45) is -0.479. The Morgan fingerprint density at radius 1 is 1.62 bits per heavy atom. The number of rotatable bonds is 3. The minimum atomic E-state index is -1.05. The van der Waals surface area contributed by atoms with Gasteiger partial charge in [0.2, 0.25) is 5.82 Å².